The van der Waals surface area contributed by atoms with Gasteiger partial charge in [-0.3, -0.25) is 0 Å². The molecule has 96 valence electrons. The lowest BCUT2D eigenvalue weighted by atomic mass is 10.2. The van der Waals surface area contributed by atoms with E-state index in [4.69, 9.17) is 11.6 Å². The van der Waals surface area contributed by atoms with E-state index in [1.54, 1.807) is 10.7 Å². The highest BCUT2D eigenvalue weighted by Crippen LogP contribution is 2.16. The van der Waals surface area contributed by atoms with Gasteiger partial charge < -0.3 is 5.32 Å². The topological polar surface area (TPSA) is 42.7 Å². The van der Waals surface area contributed by atoms with Gasteiger partial charge in [0.05, 0.1) is 13.1 Å². The molecular weight excluding hydrogens is 255 g/mol. The van der Waals surface area contributed by atoms with E-state index >= 15 is 0 Å². The molecule has 0 aliphatic rings. The van der Waals surface area contributed by atoms with Crippen LogP contribution in [0.1, 0.15) is 18.3 Å². The minimum absolute atomic E-state index is 0.288. The Morgan fingerprint density at radius 2 is 2.28 bits per heavy atom. The van der Waals surface area contributed by atoms with Gasteiger partial charge in [-0.1, -0.05) is 18.5 Å². The van der Waals surface area contributed by atoms with Gasteiger partial charge in [-0.05, 0) is 24.7 Å². The molecule has 1 N–H and O–H groups in total. The smallest absolute Gasteiger partial charge is 0.141 e. The number of hydrogen-bond acceptors (Lipinski definition) is 3. The molecule has 1 aromatic carbocycles. The fourth-order valence-corrected chi connectivity index (χ4v) is 1.81. The number of hydrogen-bond donors (Lipinski definition) is 1. The van der Waals surface area contributed by atoms with Crippen LogP contribution in [0.4, 0.5) is 4.39 Å². The van der Waals surface area contributed by atoms with Gasteiger partial charge in [0.15, 0.2) is 0 Å². The largest absolute Gasteiger partial charge is 0.310 e. The Hall–Kier alpha value is -1.46. The zero-order valence-electron chi connectivity index (χ0n) is 10.0. The second-order valence-corrected chi connectivity index (χ2v) is 4.29. The van der Waals surface area contributed by atoms with Crippen LogP contribution < -0.4 is 5.32 Å². The summed E-state index contributed by atoms with van der Waals surface area (Å²) in [4.78, 5) is 4.14. The van der Waals surface area contributed by atoms with Gasteiger partial charge >= 0.3 is 0 Å². The second kappa shape index (κ2) is 5.93. The molecule has 0 unspecified atom stereocenters. The number of halogens is 2. The predicted octanol–water partition coefficient (Wildman–Crippen LogP) is 2.23. The fourth-order valence-electron chi connectivity index (χ4n) is 1.62. The number of aromatic nitrogens is 3. The van der Waals surface area contributed by atoms with Crippen molar-refractivity contribution in [3.8, 4) is 0 Å². The maximum Gasteiger partial charge on any atom is 0.141 e. The first kappa shape index (κ1) is 13.0. The van der Waals surface area contributed by atoms with Crippen molar-refractivity contribution < 1.29 is 4.39 Å². The SMILES string of the molecule is CCNCc1ncnn1Cc1cc(Cl)ccc1F. The Morgan fingerprint density at radius 3 is 3.06 bits per heavy atom. The van der Waals surface area contributed by atoms with Crippen molar-refractivity contribution in [2.24, 2.45) is 0 Å². The van der Waals surface area contributed by atoms with Crippen LogP contribution >= 0.6 is 11.6 Å². The monoisotopic (exact) mass is 268 g/mol. The average Bonchev–Trinajstić information content (AvgIpc) is 2.79. The zero-order chi connectivity index (χ0) is 13.0. The zero-order valence-corrected chi connectivity index (χ0v) is 10.8. The number of nitrogens with one attached hydrogen (secondary N) is 1. The first-order chi connectivity index (χ1) is 8.70. The highest BCUT2D eigenvalue weighted by molar-refractivity contribution is 6.30. The van der Waals surface area contributed by atoms with Crippen LogP contribution in [-0.4, -0.2) is 21.3 Å². The van der Waals surface area contributed by atoms with Crippen LogP contribution in [0.3, 0.4) is 0 Å². The van der Waals surface area contributed by atoms with E-state index in [9.17, 15) is 4.39 Å². The van der Waals surface area contributed by atoms with Gasteiger partial charge in [0.2, 0.25) is 0 Å². The quantitative estimate of drug-likeness (QED) is 0.904. The lowest BCUT2D eigenvalue weighted by molar-refractivity contribution is 0.560. The molecule has 0 radical (unpaired) electrons. The van der Waals surface area contributed by atoms with Crippen molar-refractivity contribution in [2.45, 2.75) is 20.0 Å². The van der Waals surface area contributed by atoms with E-state index in [1.807, 2.05) is 6.92 Å². The van der Waals surface area contributed by atoms with E-state index in [0.717, 1.165) is 12.4 Å². The molecule has 18 heavy (non-hydrogen) atoms. The molecule has 1 heterocycles. The van der Waals surface area contributed by atoms with Crippen molar-refractivity contribution in [2.75, 3.05) is 6.54 Å². The van der Waals surface area contributed by atoms with Gasteiger partial charge in [-0.2, -0.15) is 5.10 Å². The van der Waals surface area contributed by atoms with E-state index < -0.39 is 0 Å². The predicted molar refractivity (Wildman–Crippen MR) is 67.9 cm³/mol. The molecule has 0 aliphatic carbocycles. The molecule has 0 saturated heterocycles. The first-order valence-corrected chi connectivity index (χ1v) is 6.10. The third kappa shape index (κ3) is 3.05. The summed E-state index contributed by atoms with van der Waals surface area (Å²) in [5.41, 5.74) is 0.505. The highest BCUT2D eigenvalue weighted by atomic mass is 35.5. The second-order valence-electron chi connectivity index (χ2n) is 3.85. The minimum Gasteiger partial charge on any atom is -0.310 e. The van der Waals surface area contributed by atoms with Gasteiger partial charge in [0, 0.05) is 10.6 Å². The molecule has 0 atom stereocenters. The maximum atomic E-state index is 13.6. The number of rotatable bonds is 5. The Labute approximate surface area is 110 Å². The third-order valence-electron chi connectivity index (χ3n) is 2.56. The van der Waals surface area contributed by atoms with Crippen LogP contribution in [0.5, 0.6) is 0 Å². The van der Waals surface area contributed by atoms with Crippen molar-refractivity contribution >= 4 is 11.6 Å². The maximum absolute atomic E-state index is 13.6. The van der Waals surface area contributed by atoms with Crippen LogP contribution in [0, 0.1) is 5.82 Å². The summed E-state index contributed by atoms with van der Waals surface area (Å²) in [6.45, 7) is 3.79. The van der Waals surface area contributed by atoms with Gasteiger partial charge in [0.25, 0.3) is 0 Å². The van der Waals surface area contributed by atoms with Gasteiger partial charge in [-0.25, -0.2) is 14.1 Å². The molecule has 1 aromatic heterocycles. The normalized spacial score (nSPS) is 10.8. The van der Waals surface area contributed by atoms with Crippen molar-refractivity contribution in [1.29, 1.82) is 0 Å². The molecule has 0 amide bonds. The Balaban J connectivity index is 2.18. The number of nitrogens with zero attached hydrogens (tertiary/aromatic N) is 3. The molecule has 4 nitrogen and oxygen atoms in total. The fraction of sp³-hybridized carbons (Fsp3) is 0.333. The molecular formula is C12H14ClFN4. The summed E-state index contributed by atoms with van der Waals surface area (Å²) < 4.78 is 15.3. The van der Waals surface area contributed by atoms with E-state index in [-0.39, 0.29) is 5.82 Å². The number of benzene rings is 1. The Morgan fingerprint density at radius 1 is 1.44 bits per heavy atom. The van der Waals surface area contributed by atoms with E-state index in [0.29, 0.717) is 23.7 Å². The first-order valence-electron chi connectivity index (χ1n) is 5.72. The van der Waals surface area contributed by atoms with Gasteiger partial charge in [-0.15, -0.1) is 0 Å². The van der Waals surface area contributed by atoms with Crippen molar-refractivity contribution in [3.05, 3.63) is 46.8 Å². The minimum atomic E-state index is -0.288. The highest BCUT2D eigenvalue weighted by Gasteiger charge is 2.08. The molecule has 0 spiro atoms. The molecule has 2 rings (SSSR count). The summed E-state index contributed by atoms with van der Waals surface area (Å²) in [7, 11) is 0. The van der Waals surface area contributed by atoms with Crippen molar-refractivity contribution in [3.63, 3.8) is 0 Å². The Kier molecular flexibility index (Phi) is 4.28. The summed E-state index contributed by atoms with van der Waals surface area (Å²) >= 11 is 5.86. The van der Waals surface area contributed by atoms with E-state index in [2.05, 4.69) is 15.4 Å². The summed E-state index contributed by atoms with van der Waals surface area (Å²) in [6.07, 6.45) is 1.47. The van der Waals surface area contributed by atoms with Crippen molar-refractivity contribution in [1.82, 2.24) is 20.1 Å². The molecule has 0 bridgehead atoms. The standard InChI is InChI=1S/C12H14ClFN4/c1-2-15-6-12-16-8-17-18(12)7-9-5-10(13)3-4-11(9)14/h3-5,8,15H,2,6-7H2,1H3. The lowest BCUT2D eigenvalue weighted by Gasteiger charge is -2.07. The molecule has 2 aromatic rings. The van der Waals surface area contributed by atoms with Crippen LogP contribution in [0.25, 0.3) is 0 Å². The van der Waals surface area contributed by atoms with Gasteiger partial charge in [0.1, 0.15) is 18.0 Å². The van der Waals surface area contributed by atoms with E-state index in [1.165, 1.54) is 18.5 Å². The molecule has 0 aliphatic heterocycles. The summed E-state index contributed by atoms with van der Waals surface area (Å²) in [6, 6.07) is 4.50. The summed E-state index contributed by atoms with van der Waals surface area (Å²) in [5, 5.41) is 7.76. The molecule has 6 heteroatoms. The molecule has 0 saturated carbocycles. The summed E-state index contributed by atoms with van der Waals surface area (Å²) in [5.74, 6) is 0.487. The lowest BCUT2D eigenvalue weighted by Crippen LogP contribution is -2.17. The Bertz CT molecular complexity index is 527. The average molecular weight is 269 g/mol. The third-order valence-corrected chi connectivity index (χ3v) is 2.79. The molecule has 0 fully saturated rings. The van der Waals surface area contributed by atoms with Crippen LogP contribution in [0.15, 0.2) is 24.5 Å². The van der Waals surface area contributed by atoms with Crippen LogP contribution in [-0.2, 0) is 13.1 Å². The van der Waals surface area contributed by atoms with Crippen LogP contribution in [0.2, 0.25) is 5.02 Å².